The van der Waals surface area contributed by atoms with Crippen LogP contribution in [-0.4, -0.2) is 25.1 Å². The fourth-order valence-corrected chi connectivity index (χ4v) is 4.66. The third kappa shape index (κ3) is 3.51. The fourth-order valence-electron chi connectivity index (χ4n) is 4.66. The average molecular weight is 442 g/mol. The van der Waals surface area contributed by atoms with Gasteiger partial charge in [0.05, 0.1) is 0 Å². The summed E-state index contributed by atoms with van der Waals surface area (Å²) in [6, 6.07) is 26.0. The van der Waals surface area contributed by atoms with Crippen LogP contribution in [0.15, 0.2) is 84.9 Å². The quantitative estimate of drug-likeness (QED) is 0.220. The van der Waals surface area contributed by atoms with Crippen molar-refractivity contribution in [1.82, 2.24) is 0 Å². The van der Waals surface area contributed by atoms with Crippen LogP contribution in [0.3, 0.4) is 0 Å². The molecule has 0 aliphatic carbocycles. The van der Waals surface area contributed by atoms with Gasteiger partial charge in [-0.1, -0.05) is 48.5 Å². The van der Waals surface area contributed by atoms with Crippen LogP contribution in [0.5, 0.6) is 0 Å². The summed E-state index contributed by atoms with van der Waals surface area (Å²) in [5.74, 6) is 0. The van der Waals surface area contributed by atoms with Crippen LogP contribution in [0.25, 0.3) is 43.8 Å². The molecule has 0 saturated carbocycles. The first kappa shape index (κ1) is 21.2. The van der Waals surface area contributed by atoms with Gasteiger partial charge < -0.3 is 0 Å². The molecule has 0 N–H and O–H groups in total. The summed E-state index contributed by atoms with van der Waals surface area (Å²) in [4.78, 5) is 46.3. The molecule has 0 amide bonds. The van der Waals surface area contributed by atoms with Crippen LogP contribution in [0.2, 0.25) is 0 Å². The summed E-state index contributed by atoms with van der Waals surface area (Å²) in [6.45, 7) is 0. The van der Waals surface area contributed by atoms with Crippen molar-refractivity contribution in [3.05, 3.63) is 107 Å². The Morgan fingerprint density at radius 1 is 0.382 bits per heavy atom. The second kappa shape index (κ2) is 8.68. The van der Waals surface area contributed by atoms with Gasteiger partial charge in [-0.3, -0.25) is 19.2 Å². The zero-order valence-electron chi connectivity index (χ0n) is 18.0. The van der Waals surface area contributed by atoms with Gasteiger partial charge in [0.2, 0.25) is 0 Å². The molecule has 4 heteroatoms. The van der Waals surface area contributed by atoms with Gasteiger partial charge in [0.1, 0.15) is 25.1 Å². The number of benzene rings is 5. The van der Waals surface area contributed by atoms with Crippen molar-refractivity contribution in [3.63, 3.8) is 0 Å². The largest absolute Gasteiger partial charge is 0.298 e. The van der Waals surface area contributed by atoms with E-state index < -0.39 is 0 Å². The van der Waals surface area contributed by atoms with E-state index in [9.17, 15) is 19.2 Å². The molecule has 4 nitrogen and oxygen atoms in total. The molecular formula is C30H18O4. The van der Waals surface area contributed by atoms with E-state index in [0.717, 1.165) is 68.9 Å². The fraction of sp³-hybridized carbons (Fsp3) is 0. The highest BCUT2D eigenvalue weighted by Crippen LogP contribution is 2.44. The Morgan fingerprint density at radius 2 is 0.647 bits per heavy atom. The summed E-state index contributed by atoms with van der Waals surface area (Å²) in [6.07, 6.45) is 2.95. The molecule has 0 fully saturated rings. The molecule has 0 bridgehead atoms. The minimum absolute atomic E-state index is 0.422. The smallest absolute Gasteiger partial charge is 0.150 e. The number of carbonyl (C=O) groups is 4. The average Bonchev–Trinajstić information content (AvgIpc) is 2.90. The molecule has 5 aromatic carbocycles. The molecule has 34 heavy (non-hydrogen) atoms. The number of hydrogen-bond donors (Lipinski definition) is 0. The second-order valence-corrected chi connectivity index (χ2v) is 8.09. The number of rotatable bonds is 6. The summed E-state index contributed by atoms with van der Waals surface area (Å²) in [7, 11) is 0. The Balaban J connectivity index is 1.97. The Bertz CT molecular complexity index is 1400. The van der Waals surface area contributed by atoms with Crippen LogP contribution in [0, 0.1) is 0 Å². The van der Waals surface area contributed by atoms with Crippen molar-refractivity contribution >= 4 is 46.7 Å². The van der Waals surface area contributed by atoms with E-state index in [1.165, 1.54) is 0 Å². The van der Waals surface area contributed by atoms with Crippen molar-refractivity contribution in [1.29, 1.82) is 0 Å². The lowest BCUT2D eigenvalue weighted by Crippen LogP contribution is -1.95. The summed E-state index contributed by atoms with van der Waals surface area (Å²) in [5.41, 5.74) is 5.03. The Kier molecular flexibility index (Phi) is 5.40. The van der Waals surface area contributed by atoms with E-state index in [1.807, 2.05) is 48.5 Å². The van der Waals surface area contributed by atoms with Crippen molar-refractivity contribution in [2.24, 2.45) is 0 Å². The molecule has 5 aromatic rings. The molecule has 0 atom stereocenters. The van der Waals surface area contributed by atoms with Gasteiger partial charge in [0, 0.05) is 22.3 Å². The second-order valence-electron chi connectivity index (χ2n) is 8.09. The van der Waals surface area contributed by atoms with Gasteiger partial charge >= 0.3 is 0 Å². The van der Waals surface area contributed by atoms with Gasteiger partial charge in [-0.2, -0.15) is 0 Å². The summed E-state index contributed by atoms with van der Waals surface area (Å²) >= 11 is 0. The van der Waals surface area contributed by atoms with E-state index in [2.05, 4.69) is 0 Å². The third-order valence-electron chi connectivity index (χ3n) is 6.01. The van der Waals surface area contributed by atoms with E-state index in [0.29, 0.717) is 22.3 Å². The SMILES string of the molecule is O=Cc1cc(C=O)cc(-c2c3ccccc3c(-c3cc(C=O)cc(C=O)c3)c3ccccc23)c1. The van der Waals surface area contributed by atoms with E-state index in [-0.39, 0.29) is 0 Å². The van der Waals surface area contributed by atoms with Gasteiger partial charge in [-0.05, 0) is 80.2 Å². The summed E-state index contributed by atoms with van der Waals surface area (Å²) in [5, 5.41) is 3.72. The summed E-state index contributed by atoms with van der Waals surface area (Å²) < 4.78 is 0. The van der Waals surface area contributed by atoms with Crippen LogP contribution in [0.1, 0.15) is 41.4 Å². The highest BCUT2D eigenvalue weighted by Gasteiger charge is 2.18. The first-order valence-corrected chi connectivity index (χ1v) is 10.7. The first-order chi connectivity index (χ1) is 16.7. The minimum Gasteiger partial charge on any atom is -0.298 e. The highest BCUT2D eigenvalue weighted by atomic mass is 16.1. The lowest BCUT2D eigenvalue weighted by molar-refractivity contribution is 0.111. The molecule has 0 aliphatic heterocycles. The lowest BCUT2D eigenvalue weighted by Gasteiger charge is -2.18. The minimum atomic E-state index is 0.422. The third-order valence-corrected chi connectivity index (χ3v) is 6.01. The number of hydrogen-bond acceptors (Lipinski definition) is 4. The maximum atomic E-state index is 11.6. The number of aldehydes is 4. The maximum Gasteiger partial charge on any atom is 0.150 e. The molecule has 0 unspecified atom stereocenters. The van der Waals surface area contributed by atoms with E-state index >= 15 is 0 Å². The molecule has 0 spiro atoms. The molecule has 0 heterocycles. The van der Waals surface area contributed by atoms with Crippen molar-refractivity contribution < 1.29 is 19.2 Å². The molecule has 0 saturated heterocycles. The Labute approximate surface area is 195 Å². The van der Waals surface area contributed by atoms with Crippen molar-refractivity contribution in [2.45, 2.75) is 0 Å². The van der Waals surface area contributed by atoms with Crippen molar-refractivity contribution in [2.75, 3.05) is 0 Å². The predicted molar refractivity (Wildman–Crippen MR) is 134 cm³/mol. The van der Waals surface area contributed by atoms with Gasteiger partial charge in [0.15, 0.2) is 0 Å². The topological polar surface area (TPSA) is 68.3 Å². The number of fused-ring (bicyclic) bond motifs is 2. The van der Waals surface area contributed by atoms with Crippen LogP contribution in [-0.2, 0) is 0 Å². The zero-order valence-corrected chi connectivity index (χ0v) is 18.0. The van der Waals surface area contributed by atoms with Crippen molar-refractivity contribution in [3.8, 4) is 22.3 Å². The van der Waals surface area contributed by atoms with Gasteiger partial charge in [-0.15, -0.1) is 0 Å². The predicted octanol–water partition coefficient (Wildman–Crippen LogP) is 6.58. The van der Waals surface area contributed by atoms with Gasteiger partial charge in [0.25, 0.3) is 0 Å². The van der Waals surface area contributed by atoms with E-state index in [4.69, 9.17) is 0 Å². The first-order valence-electron chi connectivity index (χ1n) is 10.7. The maximum absolute atomic E-state index is 11.6. The molecule has 0 aliphatic rings. The lowest BCUT2D eigenvalue weighted by atomic mass is 9.85. The van der Waals surface area contributed by atoms with Crippen LogP contribution >= 0.6 is 0 Å². The van der Waals surface area contributed by atoms with Gasteiger partial charge in [-0.25, -0.2) is 0 Å². The molecule has 5 rings (SSSR count). The zero-order chi connectivity index (χ0) is 23.7. The van der Waals surface area contributed by atoms with Crippen LogP contribution < -0.4 is 0 Å². The van der Waals surface area contributed by atoms with Crippen LogP contribution in [0.4, 0.5) is 0 Å². The number of carbonyl (C=O) groups excluding carboxylic acids is 4. The van der Waals surface area contributed by atoms with E-state index in [1.54, 1.807) is 36.4 Å². The molecule has 162 valence electrons. The highest BCUT2D eigenvalue weighted by molar-refractivity contribution is 6.21. The molecule has 0 aromatic heterocycles. The standard InChI is InChI=1S/C30H18O4/c31-15-19-9-20(16-32)12-23(11-19)29-25-5-1-2-6-26(25)30(28-8-4-3-7-27(28)29)24-13-21(17-33)10-22(14-24)18-34/h1-18H. The Hall–Kier alpha value is -4.70. The molecule has 0 radical (unpaired) electrons. The normalized spacial score (nSPS) is 10.8. The monoisotopic (exact) mass is 442 g/mol. The molecular weight excluding hydrogens is 424 g/mol. The Morgan fingerprint density at radius 3 is 0.882 bits per heavy atom.